The van der Waals surface area contributed by atoms with E-state index in [2.05, 4.69) is 41.5 Å². The van der Waals surface area contributed by atoms with Crippen molar-refractivity contribution in [2.45, 2.75) is 110 Å². The molecule has 3 atom stereocenters. The van der Waals surface area contributed by atoms with Crippen LogP contribution in [0.25, 0.3) is 0 Å². The second kappa shape index (κ2) is 9.09. The molecule has 0 bridgehead atoms. The van der Waals surface area contributed by atoms with E-state index in [1.807, 2.05) is 25.7 Å². The van der Waals surface area contributed by atoms with E-state index in [0.717, 1.165) is 6.42 Å². The molecular weight excluding hydrogens is 382 g/mol. The Morgan fingerprint density at radius 1 is 1.10 bits per heavy atom. The summed E-state index contributed by atoms with van der Waals surface area (Å²) in [4.78, 5) is 27.1. The van der Waals surface area contributed by atoms with Crippen molar-refractivity contribution >= 4 is 20.2 Å². The number of hydrogen-bond acceptors (Lipinski definition) is 4. The molecule has 2 fully saturated rings. The molecule has 1 saturated heterocycles. The highest BCUT2D eigenvalue weighted by Gasteiger charge is 2.50. The van der Waals surface area contributed by atoms with Gasteiger partial charge >= 0.3 is 6.09 Å². The largest absolute Gasteiger partial charge is 0.444 e. The quantitative estimate of drug-likeness (QED) is 0.506. The zero-order chi connectivity index (χ0) is 22.1. The van der Waals surface area contributed by atoms with Crippen LogP contribution in [0.5, 0.6) is 0 Å². The number of carbonyl (C=O) groups is 2. The van der Waals surface area contributed by atoms with Gasteiger partial charge in [-0.25, -0.2) is 4.79 Å². The Labute approximate surface area is 179 Å². The number of nitrogens with zero attached hydrogens (tertiary/aromatic N) is 1. The van der Waals surface area contributed by atoms with Crippen LogP contribution in [0.15, 0.2) is 0 Å². The molecule has 29 heavy (non-hydrogen) atoms. The fourth-order valence-electron chi connectivity index (χ4n) is 5.86. The van der Waals surface area contributed by atoms with E-state index in [-0.39, 0.29) is 18.1 Å². The summed E-state index contributed by atoms with van der Waals surface area (Å²) in [7, 11) is -2.04. The molecule has 0 aromatic rings. The van der Waals surface area contributed by atoms with Crippen molar-refractivity contribution in [3.05, 3.63) is 0 Å². The molecule has 0 aromatic heterocycles. The topological polar surface area (TPSA) is 55.8 Å². The molecular formula is C23H43NO4Si. The van der Waals surface area contributed by atoms with E-state index < -0.39 is 13.9 Å². The van der Waals surface area contributed by atoms with Crippen molar-refractivity contribution < 1.29 is 18.8 Å². The lowest BCUT2D eigenvalue weighted by Gasteiger charge is -2.44. The zero-order valence-corrected chi connectivity index (χ0v) is 21.1. The second-order valence-electron chi connectivity index (χ2n) is 11.0. The van der Waals surface area contributed by atoms with Crippen LogP contribution >= 0.6 is 0 Å². The second-order valence-corrected chi connectivity index (χ2v) is 16.5. The van der Waals surface area contributed by atoms with Crippen LogP contribution in [-0.2, 0) is 14.0 Å². The van der Waals surface area contributed by atoms with Crippen molar-refractivity contribution in [1.29, 1.82) is 0 Å². The molecule has 0 aromatic carbocycles. The Morgan fingerprint density at radius 3 is 2.14 bits per heavy atom. The van der Waals surface area contributed by atoms with E-state index >= 15 is 0 Å². The summed E-state index contributed by atoms with van der Waals surface area (Å²) in [6.07, 6.45) is 1.82. The minimum atomic E-state index is -2.04. The maximum atomic E-state index is 13.0. The van der Waals surface area contributed by atoms with Gasteiger partial charge in [0, 0.05) is 19.4 Å². The predicted octanol–water partition coefficient (Wildman–Crippen LogP) is 5.78. The molecule has 1 aliphatic carbocycles. The van der Waals surface area contributed by atoms with Crippen LogP contribution < -0.4 is 0 Å². The number of amides is 1. The number of ether oxygens (including phenoxy) is 1. The molecule has 0 N–H and O–H groups in total. The van der Waals surface area contributed by atoms with E-state index in [0.29, 0.717) is 54.3 Å². The maximum Gasteiger partial charge on any atom is 0.410 e. The lowest BCUT2D eigenvalue weighted by molar-refractivity contribution is -0.122. The van der Waals surface area contributed by atoms with E-state index in [4.69, 9.17) is 9.16 Å². The van der Waals surface area contributed by atoms with Gasteiger partial charge in [0.1, 0.15) is 11.4 Å². The van der Waals surface area contributed by atoms with Gasteiger partial charge in [0.2, 0.25) is 0 Å². The summed E-state index contributed by atoms with van der Waals surface area (Å²) in [6.45, 7) is 20.6. The minimum Gasteiger partial charge on any atom is -0.444 e. The van der Waals surface area contributed by atoms with Crippen LogP contribution in [0.2, 0.25) is 16.6 Å². The Balaban J connectivity index is 2.28. The summed E-state index contributed by atoms with van der Waals surface area (Å²) in [5, 5.41) is 0. The van der Waals surface area contributed by atoms with Crippen LogP contribution in [0.3, 0.4) is 0 Å². The van der Waals surface area contributed by atoms with Crippen molar-refractivity contribution in [1.82, 2.24) is 4.90 Å². The first-order valence-electron chi connectivity index (χ1n) is 11.4. The van der Waals surface area contributed by atoms with Crippen molar-refractivity contribution in [3.63, 3.8) is 0 Å². The molecule has 0 unspecified atom stereocenters. The SMILES string of the molecule is CC(C)[Si](OC[C@@H]1[C@H]2CC(=O)CC[C@H]2CN1C(=O)OC(C)(C)C)(C(C)C)C(C)C. The fourth-order valence-corrected chi connectivity index (χ4v) is 11.3. The normalized spacial score (nSPS) is 25.9. The van der Waals surface area contributed by atoms with Crippen LogP contribution in [0, 0.1) is 11.8 Å². The van der Waals surface area contributed by atoms with Gasteiger partial charge in [0.05, 0.1) is 12.6 Å². The summed E-state index contributed by atoms with van der Waals surface area (Å²) in [5.41, 5.74) is 0.936. The summed E-state index contributed by atoms with van der Waals surface area (Å²) in [5.74, 6) is 0.895. The minimum absolute atomic E-state index is 0.0674. The molecule has 0 spiro atoms. The van der Waals surface area contributed by atoms with Crippen LogP contribution in [0.1, 0.15) is 81.6 Å². The molecule has 2 rings (SSSR count). The maximum absolute atomic E-state index is 13.0. The zero-order valence-electron chi connectivity index (χ0n) is 20.1. The summed E-state index contributed by atoms with van der Waals surface area (Å²) in [6, 6.07) is -0.0674. The number of rotatable bonds is 6. The average Bonchev–Trinajstić information content (AvgIpc) is 2.91. The van der Waals surface area contributed by atoms with Gasteiger partial charge in [-0.15, -0.1) is 0 Å². The lowest BCUT2D eigenvalue weighted by atomic mass is 9.78. The van der Waals surface area contributed by atoms with Gasteiger partial charge in [-0.1, -0.05) is 41.5 Å². The van der Waals surface area contributed by atoms with Gasteiger partial charge in [0.15, 0.2) is 8.32 Å². The Kier molecular flexibility index (Phi) is 7.64. The standard InChI is InChI=1S/C23H43NO4Si/c1-15(2)29(16(3)4,17(5)6)27-14-21-20-12-19(25)11-10-18(20)13-24(21)22(26)28-23(7,8)9/h15-18,20-21H,10-14H2,1-9H3/t18-,20-,21+/m0/s1. The molecule has 6 heteroatoms. The van der Waals surface area contributed by atoms with E-state index in [1.54, 1.807) is 0 Å². The lowest BCUT2D eigenvalue weighted by Crippen LogP contribution is -2.52. The van der Waals surface area contributed by atoms with Crippen molar-refractivity contribution in [3.8, 4) is 0 Å². The van der Waals surface area contributed by atoms with Crippen molar-refractivity contribution in [2.24, 2.45) is 11.8 Å². The number of ketones is 1. The molecule has 5 nitrogen and oxygen atoms in total. The van der Waals surface area contributed by atoms with Gasteiger partial charge in [-0.2, -0.15) is 0 Å². The van der Waals surface area contributed by atoms with Gasteiger partial charge in [0.25, 0.3) is 0 Å². The molecule has 0 radical (unpaired) electrons. The number of Topliss-reactive ketones (excluding diaryl/α,β-unsaturated/α-hetero) is 1. The van der Waals surface area contributed by atoms with Crippen LogP contribution in [0.4, 0.5) is 4.79 Å². The van der Waals surface area contributed by atoms with E-state index in [1.165, 1.54) is 0 Å². The third-order valence-corrected chi connectivity index (χ3v) is 13.1. The van der Waals surface area contributed by atoms with Gasteiger partial charge in [-0.3, -0.25) is 4.79 Å². The van der Waals surface area contributed by atoms with Gasteiger partial charge < -0.3 is 14.1 Å². The molecule has 1 saturated carbocycles. The Hall–Kier alpha value is -0.883. The van der Waals surface area contributed by atoms with Crippen molar-refractivity contribution in [2.75, 3.05) is 13.2 Å². The average molecular weight is 426 g/mol. The summed E-state index contributed by atoms with van der Waals surface area (Å²) < 4.78 is 12.6. The third-order valence-electron chi connectivity index (χ3n) is 7.03. The summed E-state index contributed by atoms with van der Waals surface area (Å²) >= 11 is 0. The first-order valence-corrected chi connectivity index (χ1v) is 13.6. The molecule has 1 amide bonds. The predicted molar refractivity (Wildman–Crippen MR) is 120 cm³/mol. The number of hydrogen-bond donors (Lipinski definition) is 0. The molecule has 2 aliphatic rings. The molecule has 1 heterocycles. The first-order chi connectivity index (χ1) is 13.3. The number of fused-ring (bicyclic) bond motifs is 1. The Bertz CT molecular complexity index is 574. The Morgan fingerprint density at radius 2 is 1.66 bits per heavy atom. The van der Waals surface area contributed by atoms with Crippen LogP contribution in [-0.4, -0.2) is 49.9 Å². The first kappa shape index (κ1) is 24.4. The fraction of sp³-hybridized carbons (Fsp3) is 0.913. The molecule has 168 valence electrons. The van der Waals surface area contributed by atoms with Gasteiger partial charge in [-0.05, 0) is 55.7 Å². The highest BCUT2D eigenvalue weighted by molar-refractivity contribution is 6.77. The highest BCUT2D eigenvalue weighted by atomic mass is 28.4. The monoisotopic (exact) mass is 425 g/mol. The number of carbonyl (C=O) groups excluding carboxylic acids is 2. The van der Waals surface area contributed by atoms with E-state index in [9.17, 15) is 9.59 Å². The third kappa shape index (κ3) is 5.24. The number of likely N-dealkylation sites (tertiary alicyclic amines) is 1. The highest BCUT2D eigenvalue weighted by Crippen LogP contribution is 2.45. The smallest absolute Gasteiger partial charge is 0.410 e. The molecule has 1 aliphatic heterocycles.